The highest BCUT2D eigenvalue weighted by Gasteiger charge is 2.38. The normalized spacial score (nSPS) is 21.4. The second kappa shape index (κ2) is 7.23. The van der Waals surface area contributed by atoms with E-state index in [2.05, 4.69) is 5.32 Å². The molecule has 154 valence electrons. The van der Waals surface area contributed by atoms with Gasteiger partial charge in [-0.05, 0) is 32.0 Å². The average molecular weight is 417 g/mol. The van der Waals surface area contributed by atoms with E-state index >= 15 is 0 Å². The Balaban J connectivity index is 1.68. The first-order valence-electron chi connectivity index (χ1n) is 10.1. The van der Waals surface area contributed by atoms with Crippen LogP contribution in [0, 0.1) is 0 Å². The monoisotopic (exact) mass is 416 g/mol. The molecular weight excluding hydrogens is 392 g/mol. The van der Waals surface area contributed by atoms with E-state index < -0.39 is 9.84 Å². The Hall–Kier alpha value is -2.23. The molecule has 0 radical (unpaired) electrons. The number of hydrogen-bond acceptors (Lipinski definition) is 6. The fourth-order valence-electron chi connectivity index (χ4n) is 4.50. The molecule has 5 rings (SSSR count). The maximum Gasteiger partial charge on any atom is 0.274 e. The second-order valence-electron chi connectivity index (χ2n) is 7.76. The summed E-state index contributed by atoms with van der Waals surface area (Å²) < 4.78 is 33.2. The lowest BCUT2D eigenvalue weighted by Crippen LogP contribution is -2.41. The standard InChI is InChI=1S/C20H24N4O4S/c25-20(23-9-11-28-12-10-23)18-16-13-29(26,27)17-4-2-1-3-15(17)19(16)24(22-18)14-5-7-21-8-6-14/h1-4,14,21H,5-13H2. The summed E-state index contributed by atoms with van der Waals surface area (Å²) in [4.78, 5) is 15.3. The van der Waals surface area contributed by atoms with Crippen LogP contribution in [0.4, 0.5) is 0 Å². The SMILES string of the molecule is O=C(c1nn(C2CCNCC2)c2c1CS(=O)(=O)c1ccccc1-2)N1CCOCC1. The van der Waals surface area contributed by atoms with Crippen LogP contribution >= 0.6 is 0 Å². The van der Waals surface area contributed by atoms with Crippen molar-refractivity contribution in [3.05, 3.63) is 35.5 Å². The molecule has 1 N–H and O–H groups in total. The van der Waals surface area contributed by atoms with Crippen molar-refractivity contribution in [3.63, 3.8) is 0 Å². The molecule has 0 atom stereocenters. The van der Waals surface area contributed by atoms with Gasteiger partial charge in [0, 0.05) is 24.2 Å². The Morgan fingerprint density at radius 1 is 1.14 bits per heavy atom. The van der Waals surface area contributed by atoms with Crippen LogP contribution in [0.3, 0.4) is 0 Å². The predicted octanol–water partition coefficient (Wildman–Crippen LogP) is 1.23. The van der Waals surface area contributed by atoms with Gasteiger partial charge in [0.1, 0.15) is 0 Å². The van der Waals surface area contributed by atoms with Crippen LogP contribution in [0.2, 0.25) is 0 Å². The number of nitrogens with one attached hydrogen (secondary N) is 1. The highest BCUT2D eigenvalue weighted by molar-refractivity contribution is 7.90. The molecule has 1 aromatic heterocycles. The number of ether oxygens (including phenoxy) is 1. The number of carbonyl (C=O) groups excluding carboxylic acids is 1. The number of sulfone groups is 1. The van der Waals surface area contributed by atoms with E-state index in [1.165, 1.54) is 0 Å². The maximum absolute atomic E-state index is 13.3. The minimum atomic E-state index is -3.52. The van der Waals surface area contributed by atoms with Crippen molar-refractivity contribution in [2.24, 2.45) is 0 Å². The van der Waals surface area contributed by atoms with Crippen molar-refractivity contribution in [3.8, 4) is 11.3 Å². The van der Waals surface area contributed by atoms with E-state index in [1.807, 2.05) is 16.8 Å². The summed E-state index contributed by atoms with van der Waals surface area (Å²) in [6.45, 7) is 3.74. The van der Waals surface area contributed by atoms with Crippen LogP contribution in [-0.2, 0) is 20.3 Å². The summed E-state index contributed by atoms with van der Waals surface area (Å²) >= 11 is 0. The van der Waals surface area contributed by atoms with Crippen LogP contribution in [-0.4, -0.2) is 68.4 Å². The van der Waals surface area contributed by atoms with Crippen molar-refractivity contribution >= 4 is 15.7 Å². The number of nitrogens with zero attached hydrogens (tertiary/aromatic N) is 3. The zero-order valence-corrected chi connectivity index (χ0v) is 17.0. The molecule has 0 aliphatic carbocycles. The van der Waals surface area contributed by atoms with Gasteiger partial charge in [-0.2, -0.15) is 5.10 Å². The first-order chi connectivity index (χ1) is 14.1. The lowest BCUT2D eigenvalue weighted by molar-refractivity contribution is 0.0297. The highest BCUT2D eigenvalue weighted by Crippen LogP contribution is 2.41. The maximum atomic E-state index is 13.3. The number of carbonyl (C=O) groups is 1. The molecule has 2 fully saturated rings. The fraction of sp³-hybridized carbons (Fsp3) is 0.500. The molecule has 9 heteroatoms. The van der Waals surface area contributed by atoms with Gasteiger partial charge in [0.15, 0.2) is 15.5 Å². The number of morpholine rings is 1. The second-order valence-corrected chi connectivity index (χ2v) is 9.72. The topological polar surface area (TPSA) is 93.5 Å². The predicted molar refractivity (Wildman–Crippen MR) is 106 cm³/mol. The summed E-state index contributed by atoms with van der Waals surface area (Å²) in [6, 6.07) is 7.20. The van der Waals surface area contributed by atoms with Crippen LogP contribution in [0.25, 0.3) is 11.3 Å². The van der Waals surface area contributed by atoms with Gasteiger partial charge in [-0.1, -0.05) is 18.2 Å². The van der Waals surface area contributed by atoms with Gasteiger partial charge in [-0.15, -0.1) is 0 Å². The summed E-state index contributed by atoms with van der Waals surface area (Å²) in [5.41, 5.74) is 2.26. The molecule has 3 aliphatic rings. The third-order valence-electron chi connectivity index (χ3n) is 5.98. The van der Waals surface area contributed by atoms with Crippen molar-refractivity contribution in [1.82, 2.24) is 20.0 Å². The van der Waals surface area contributed by atoms with E-state index in [-0.39, 0.29) is 23.4 Å². The van der Waals surface area contributed by atoms with E-state index in [0.29, 0.717) is 42.3 Å². The quantitative estimate of drug-likeness (QED) is 0.792. The molecule has 0 saturated carbocycles. The number of rotatable bonds is 2. The van der Waals surface area contributed by atoms with Gasteiger partial charge in [0.25, 0.3) is 5.91 Å². The molecule has 3 aliphatic heterocycles. The third-order valence-corrected chi connectivity index (χ3v) is 7.67. The molecule has 4 heterocycles. The smallest absolute Gasteiger partial charge is 0.274 e. The Labute approximate surface area is 169 Å². The Morgan fingerprint density at radius 2 is 1.86 bits per heavy atom. The molecule has 1 aromatic carbocycles. The number of fused-ring (bicyclic) bond motifs is 3. The van der Waals surface area contributed by atoms with Crippen LogP contribution in [0.1, 0.15) is 34.9 Å². The summed E-state index contributed by atoms with van der Waals surface area (Å²) in [5.74, 6) is -0.387. The Kier molecular flexibility index (Phi) is 4.68. The molecule has 0 spiro atoms. The Morgan fingerprint density at radius 3 is 2.62 bits per heavy atom. The van der Waals surface area contributed by atoms with E-state index in [4.69, 9.17) is 9.84 Å². The van der Waals surface area contributed by atoms with Crippen molar-refractivity contribution in [1.29, 1.82) is 0 Å². The van der Waals surface area contributed by atoms with Gasteiger partial charge in [-0.25, -0.2) is 8.42 Å². The molecule has 0 bridgehead atoms. The fourth-order valence-corrected chi connectivity index (χ4v) is 6.09. The minimum absolute atomic E-state index is 0.144. The zero-order valence-electron chi connectivity index (χ0n) is 16.1. The van der Waals surface area contributed by atoms with Gasteiger partial charge >= 0.3 is 0 Å². The molecule has 29 heavy (non-hydrogen) atoms. The number of benzene rings is 1. The van der Waals surface area contributed by atoms with Gasteiger partial charge in [-0.3, -0.25) is 9.48 Å². The van der Waals surface area contributed by atoms with Gasteiger partial charge < -0.3 is 15.0 Å². The van der Waals surface area contributed by atoms with Gasteiger partial charge in [0.2, 0.25) is 0 Å². The molecule has 2 aromatic rings. The van der Waals surface area contributed by atoms with Crippen LogP contribution < -0.4 is 5.32 Å². The number of piperidine rings is 1. The van der Waals surface area contributed by atoms with Crippen LogP contribution in [0.15, 0.2) is 29.2 Å². The molecule has 2 saturated heterocycles. The highest BCUT2D eigenvalue weighted by atomic mass is 32.2. The first-order valence-corrected chi connectivity index (χ1v) is 11.7. The molecule has 1 amide bonds. The minimum Gasteiger partial charge on any atom is -0.378 e. The third kappa shape index (κ3) is 3.17. The molecule has 8 nitrogen and oxygen atoms in total. The summed E-state index contributed by atoms with van der Waals surface area (Å²) in [6.07, 6.45) is 1.79. The molecular formula is C20H24N4O4S. The van der Waals surface area contributed by atoms with Crippen molar-refractivity contribution in [2.45, 2.75) is 29.5 Å². The molecule has 0 unspecified atom stereocenters. The van der Waals surface area contributed by atoms with Crippen molar-refractivity contribution in [2.75, 3.05) is 39.4 Å². The van der Waals surface area contributed by atoms with E-state index in [1.54, 1.807) is 17.0 Å². The summed E-state index contributed by atoms with van der Waals surface area (Å²) in [7, 11) is -3.52. The zero-order chi connectivity index (χ0) is 20.0. The van der Waals surface area contributed by atoms with Crippen molar-refractivity contribution < 1.29 is 17.9 Å². The lowest BCUT2D eigenvalue weighted by Gasteiger charge is -2.27. The van der Waals surface area contributed by atoms with Crippen LogP contribution in [0.5, 0.6) is 0 Å². The summed E-state index contributed by atoms with van der Waals surface area (Å²) in [5, 5.41) is 8.10. The first kappa shape index (κ1) is 18.8. The lowest BCUT2D eigenvalue weighted by atomic mass is 10.0. The van der Waals surface area contributed by atoms with Gasteiger partial charge in [0.05, 0.1) is 35.6 Å². The number of hydrogen-bond donors (Lipinski definition) is 1. The Bertz CT molecular complexity index is 1050. The number of aromatic nitrogens is 2. The van der Waals surface area contributed by atoms with E-state index in [9.17, 15) is 13.2 Å². The largest absolute Gasteiger partial charge is 0.378 e. The number of amides is 1. The average Bonchev–Trinajstić information content (AvgIpc) is 3.13. The van der Waals surface area contributed by atoms with E-state index in [0.717, 1.165) is 31.6 Å².